The third kappa shape index (κ3) is 3.74. The topological polar surface area (TPSA) is 81.7 Å². The van der Waals surface area contributed by atoms with E-state index in [0.717, 1.165) is 16.7 Å². The summed E-state index contributed by atoms with van der Waals surface area (Å²) < 4.78 is 40.3. The van der Waals surface area contributed by atoms with Crippen LogP contribution in [0.25, 0.3) is 0 Å². The molecule has 3 aromatic carbocycles. The summed E-state index contributed by atoms with van der Waals surface area (Å²) in [5.74, 6) is 0.945. The number of carbonyl (C=O) groups excluding carboxylic acids is 1. The Hall–Kier alpha value is -3.62. The lowest BCUT2D eigenvalue weighted by Crippen LogP contribution is -2.48. The van der Waals surface area contributed by atoms with Crippen molar-refractivity contribution >= 4 is 17.6 Å². The van der Waals surface area contributed by atoms with E-state index >= 15 is 0 Å². The second-order valence-electron chi connectivity index (χ2n) is 9.42. The Labute approximate surface area is 225 Å². The Morgan fingerprint density at radius 1 is 0.895 bits per heavy atom. The molecule has 0 spiro atoms. The zero-order chi connectivity index (χ0) is 26.4. The van der Waals surface area contributed by atoms with Crippen molar-refractivity contribution in [2.24, 2.45) is 5.92 Å². The zero-order valence-electron chi connectivity index (χ0n) is 21.2. The van der Waals surface area contributed by atoms with Crippen LogP contribution < -0.4 is 23.7 Å². The van der Waals surface area contributed by atoms with E-state index in [2.05, 4.69) is 0 Å². The molecule has 6 rings (SSSR count). The molecule has 0 saturated carbocycles. The second kappa shape index (κ2) is 9.60. The fraction of sp³-hybridized carbons (Fsp3) is 0.345. The van der Waals surface area contributed by atoms with E-state index in [1.54, 1.807) is 21.3 Å². The summed E-state index contributed by atoms with van der Waals surface area (Å²) in [5, 5.41) is 0. The summed E-state index contributed by atoms with van der Waals surface area (Å²) in [6, 6.07) is 17.3. The standard InChI is InChI=1S/C29H27ClO8/c1-32-23-9-17(10-24(33-2)27(23)34-3)25-18-11-21-22(38-15-37-21)12-19(18)26(20-14-36-28(31)29(20,25)30)35-13-16-7-5-4-6-8-16/h4-12,20,25-26H,13-15H2,1-3H3/t20-,25-,26+,29-/m1/s1. The molecular formula is C29H27ClO8. The van der Waals surface area contributed by atoms with Gasteiger partial charge in [0.05, 0.1) is 46.6 Å². The van der Waals surface area contributed by atoms with Crippen molar-refractivity contribution in [3.05, 3.63) is 76.9 Å². The molecule has 198 valence electrons. The van der Waals surface area contributed by atoms with Crippen LogP contribution in [0.4, 0.5) is 0 Å². The van der Waals surface area contributed by atoms with Crippen LogP contribution in [0.2, 0.25) is 0 Å². The molecule has 38 heavy (non-hydrogen) atoms. The molecule has 8 nitrogen and oxygen atoms in total. The van der Waals surface area contributed by atoms with Gasteiger partial charge in [-0.1, -0.05) is 30.3 Å². The van der Waals surface area contributed by atoms with E-state index in [0.29, 0.717) is 40.9 Å². The van der Waals surface area contributed by atoms with Crippen molar-refractivity contribution in [1.29, 1.82) is 0 Å². The smallest absolute Gasteiger partial charge is 0.328 e. The largest absolute Gasteiger partial charge is 0.493 e. The lowest BCUT2D eigenvalue weighted by Gasteiger charge is -2.43. The molecule has 0 bridgehead atoms. The van der Waals surface area contributed by atoms with Crippen LogP contribution in [0.3, 0.4) is 0 Å². The number of cyclic esters (lactones) is 1. The molecule has 0 unspecified atom stereocenters. The van der Waals surface area contributed by atoms with Crippen molar-refractivity contribution in [2.45, 2.75) is 23.5 Å². The van der Waals surface area contributed by atoms with Gasteiger partial charge in [0.1, 0.15) is 0 Å². The van der Waals surface area contributed by atoms with Crippen molar-refractivity contribution in [1.82, 2.24) is 0 Å². The quantitative estimate of drug-likeness (QED) is 0.307. The molecule has 4 atom stereocenters. The molecule has 3 aromatic rings. The number of hydrogen-bond acceptors (Lipinski definition) is 8. The van der Waals surface area contributed by atoms with Crippen LogP contribution in [0.1, 0.15) is 34.3 Å². The molecule has 0 N–H and O–H groups in total. The minimum Gasteiger partial charge on any atom is -0.493 e. The number of alkyl halides is 1. The fourth-order valence-corrected chi connectivity index (χ4v) is 6.23. The van der Waals surface area contributed by atoms with Crippen molar-refractivity contribution in [3.63, 3.8) is 0 Å². The number of halogens is 1. The first kappa shape index (κ1) is 24.7. The number of carbonyl (C=O) groups is 1. The summed E-state index contributed by atoms with van der Waals surface area (Å²) in [5.41, 5.74) is 3.36. The summed E-state index contributed by atoms with van der Waals surface area (Å²) in [6.45, 7) is 0.572. The van der Waals surface area contributed by atoms with Gasteiger partial charge in [-0.3, -0.25) is 4.79 Å². The van der Waals surface area contributed by atoms with E-state index in [1.807, 2.05) is 54.6 Å². The first-order valence-electron chi connectivity index (χ1n) is 12.2. The summed E-state index contributed by atoms with van der Waals surface area (Å²) in [7, 11) is 4.63. The lowest BCUT2D eigenvalue weighted by molar-refractivity contribution is -0.140. The van der Waals surface area contributed by atoms with E-state index in [-0.39, 0.29) is 13.4 Å². The van der Waals surface area contributed by atoms with Gasteiger partial charge < -0.3 is 33.2 Å². The van der Waals surface area contributed by atoms with Crippen molar-refractivity contribution in [3.8, 4) is 28.7 Å². The highest BCUT2D eigenvalue weighted by Crippen LogP contribution is 2.61. The molecule has 1 saturated heterocycles. The van der Waals surface area contributed by atoms with Crippen LogP contribution in [0.15, 0.2) is 54.6 Å². The number of methoxy groups -OCH3 is 3. The van der Waals surface area contributed by atoms with Gasteiger partial charge in [-0.2, -0.15) is 0 Å². The maximum absolute atomic E-state index is 13.5. The Morgan fingerprint density at radius 3 is 2.18 bits per heavy atom. The first-order valence-corrected chi connectivity index (χ1v) is 12.6. The van der Waals surface area contributed by atoms with Crippen molar-refractivity contribution in [2.75, 3.05) is 34.7 Å². The van der Waals surface area contributed by atoms with E-state index in [9.17, 15) is 4.79 Å². The molecule has 0 amide bonds. The second-order valence-corrected chi connectivity index (χ2v) is 10.0. The Morgan fingerprint density at radius 2 is 1.55 bits per heavy atom. The van der Waals surface area contributed by atoms with Gasteiger partial charge in [0.25, 0.3) is 0 Å². The Bertz CT molecular complexity index is 1350. The van der Waals surface area contributed by atoms with Gasteiger partial charge in [0, 0.05) is 5.92 Å². The molecule has 1 fully saturated rings. The molecule has 2 heterocycles. The number of hydrogen-bond donors (Lipinski definition) is 0. The van der Waals surface area contributed by atoms with Crippen LogP contribution in [0.5, 0.6) is 28.7 Å². The van der Waals surface area contributed by atoms with Gasteiger partial charge in [0.2, 0.25) is 12.5 Å². The van der Waals surface area contributed by atoms with Gasteiger partial charge in [-0.15, -0.1) is 11.6 Å². The van der Waals surface area contributed by atoms with Gasteiger partial charge in [0.15, 0.2) is 27.9 Å². The summed E-state index contributed by atoms with van der Waals surface area (Å²) in [4.78, 5) is 12.0. The van der Waals surface area contributed by atoms with Gasteiger partial charge in [-0.25, -0.2) is 0 Å². The minimum absolute atomic E-state index is 0.111. The Kier molecular flexibility index (Phi) is 6.24. The number of fused-ring (bicyclic) bond motifs is 3. The van der Waals surface area contributed by atoms with Crippen molar-refractivity contribution < 1.29 is 38.0 Å². The average Bonchev–Trinajstić information content (AvgIpc) is 3.53. The van der Waals surface area contributed by atoms with E-state index in [4.69, 9.17) is 44.8 Å². The molecule has 0 aromatic heterocycles. The summed E-state index contributed by atoms with van der Waals surface area (Å²) in [6.07, 6.45) is -0.526. The summed E-state index contributed by atoms with van der Waals surface area (Å²) >= 11 is 7.40. The number of rotatable bonds is 7. The Balaban J connectivity index is 1.54. The third-order valence-electron chi connectivity index (χ3n) is 7.52. The predicted octanol–water partition coefficient (Wildman–Crippen LogP) is 5.00. The molecule has 2 aliphatic heterocycles. The fourth-order valence-electron chi connectivity index (χ4n) is 5.76. The van der Waals surface area contributed by atoms with E-state index in [1.165, 1.54) is 0 Å². The molecule has 9 heteroatoms. The highest BCUT2D eigenvalue weighted by atomic mass is 35.5. The highest BCUT2D eigenvalue weighted by Gasteiger charge is 2.64. The molecule has 0 radical (unpaired) electrons. The normalized spacial score (nSPS) is 24.8. The highest BCUT2D eigenvalue weighted by molar-refractivity contribution is 6.36. The molecule has 1 aliphatic carbocycles. The van der Waals surface area contributed by atoms with E-state index < -0.39 is 28.8 Å². The van der Waals surface area contributed by atoms with Crippen LogP contribution in [-0.4, -0.2) is 45.6 Å². The van der Waals surface area contributed by atoms with Gasteiger partial charge >= 0.3 is 5.97 Å². The predicted molar refractivity (Wildman–Crippen MR) is 138 cm³/mol. The SMILES string of the molecule is COc1cc([C@@H]2c3cc4c(cc3[C@H](OCc3ccccc3)[C@H]3COC(=O)[C@]23Cl)OCO4)cc(OC)c1OC. The maximum Gasteiger partial charge on any atom is 0.328 e. The third-order valence-corrected chi connectivity index (χ3v) is 8.17. The number of benzene rings is 3. The number of esters is 1. The lowest BCUT2D eigenvalue weighted by atomic mass is 9.65. The minimum atomic E-state index is -1.45. The molecule has 3 aliphatic rings. The van der Waals surface area contributed by atoms with Crippen LogP contribution in [0, 0.1) is 5.92 Å². The first-order chi connectivity index (χ1) is 18.5. The van der Waals surface area contributed by atoms with Gasteiger partial charge in [-0.05, 0) is 46.5 Å². The van der Waals surface area contributed by atoms with Crippen LogP contribution >= 0.6 is 11.6 Å². The maximum atomic E-state index is 13.5. The average molecular weight is 539 g/mol. The molecular weight excluding hydrogens is 512 g/mol. The number of ether oxygens (including phenoxy) is 7. The monoisotopic (exact) mass is 538 g/mol. The van der Waals surface area contributed by atoms with Crippen LogP contribution in [-0.2, 0) is 20.9 Å². The zero-order valence-corrected chi connectivity index (χ0v) is 21.9.